The number of carbonyl (C=O) groups excluding carboxylic acids is 1. The molecule has 0 amide bonds. The highest BCUT2D eigenvalue weighted by Gasteiger charge is 2.12. The summed E-state index contributed by atoms with van der Waals surface area (Å²) >= 11 is 0. The molecule has 2 heterocycles. The number of fused-ring (bicyclic) bond motifs is 1. The molecule has 1 aromatic carbocycles. The molecule has 3 rings (SSSR count). The summed E-state index contributed by atoms with van der Waals surface area (Å²) in [5.41, 5.74) is 1.47. The molecular weight excluding hydrogens is 250 g/mol. The minimum absolute atomic E-state index is 0.109. The Labute approximate surface area is 117 Å². The lowest BCUT2D eigenvalue weighted by atomic mass is 10.0. The van der Waals surface area contributed by atoms with Gasteiger partial charge in [0.1, 0.15) is 5.82 Å². The topological polar surface area (TPSA) is 47.8 Å². The van der Waals surface area contributed by atoms with Crippen LogP contribution in [0.3, 0.4) is 0 Å². The third kappa shape index (κ3) is 2.32. The van der Waals surface area contributed by atoms with Crippen molar-refractivity contribution in [1.29, 1.82) is 0 Å². The van der Waals surface area contributed by atoms with Crippen molar-refractivity contribution in [2.45, 2.75) is 12.8 Å². The minimum atomic E-state index is 0.109. The Morgan fingerprint density at radius 2 is 2.00 bits per heavy atom. The number of benzene rings is 1. The van der Waals surface area contributed by atoms with Gasteiger partial charge < -0.3 is 4.57 Å². The minimum Gasteiger partial charge on any atom is -0.338 e. The van der Waals surface area contributed by atoms with E-state index in [1.54, 1.807) is 12.4 Å². The number of aromatic nitrogens is 3. The number of pyridine rings is 1. The van der Waals surface area contributed by atoms with Crippen LogP contribution in [0.4, 0.5) is 0 Å². The quantitative estimate of drug-likeness (QED) is 0.681. The number of carbonyl (C=O) groups is 1. The number of para-hydroxylation sites is 1. The Morgan fingerprint density at radius 1 is 1.15 bits per heavy atom. The molecule has 2 aromatic heterocycles. The molecule has 0 N–H and O–H groups in total. The molecular formula is C16H15N3O. The first-order valence-corrected chi connectivity index (χ1v) is 6.59. The van der Waals surface area contributed by atoms with E-state index in [2.05, 4.69) is 9.97 Å². The smallest absolute Gasteiger partial charge is 0.165 e. The summed E-state index contributed by atoms with van der Waals surface area (Å²) in [7, 11) is 1.94. The zero-order valence-electron chi connectivity index (χ0n) is 11.3. The monoisotopic (exact) mass is 265 g/mol. The lowest BCUT2D eigenvalue weighted by Crippen LogP contribution is -2.05. The van der Waals surface area contributed by atoms with Crippen molar-refractivity contribution in [3.8, 4) is 0 Å². The van der Waals surface area contributed by atoms with Crippen LogP contribution in [-0.4, -0.2) is 20.3 Å². The van der Waals surface area contributed by atoms with Crippen LogP contribution in [0.1, 0.15) is 22.6 Å². The molecule has 0 aliphatic heterocycles. The van der Waals surface area contributed by atoms with Crippen LogP contribution in [0.5, 0.6) is 0 Å². The molecule has 0 unspecified atom stereocenters. The Bertz CT molecular complexity index is 756. The highest BCUT2D eigenvalue weighted by atomic mass is 16.1. The van der Waals surface area contributed by atoms with E-state index in [1.165, 1.54) is 0 Å². The van der Waals surface area contributed by atoms with Gasteiger partial charge in [-0.2, -0.15) is 0 Å². The molecule has 0 radical (unpaired) electrons. The number of hydrogen-bond acceptors (Lipinski definition) is 3. The van der Waals surface area contributed by atoms with E-state index in [4.69, 9.17) is 0 Å². The average molecular weight is 265 g/mol. The maximum atomic E-state index is 12.4. The molecule has 0 saturated heterocycles. The van der Waals surface area contributed by atoms with Gasteiger partial charge in [0.2, 0.25) is 0 Å². The van der Waals surface area contributed by atoms with E-state index in [9.17, 15) is 4.79 Å². The van der Waals surface area contributed by atoms with Crippen molar-refractivity contribution < 1.29 is 4.79 Å². The highest BCUT2D eigenvalue weighted by molar-refractivity contribution is 6.06. The first-order valence-electron chi connectivity index (χ1n) is 6.59. The molecule has 3 aromatic rings. The van der Waals surface area contributed by atoms with E-state index >= 15 is 0 Å². The maximum absolute atomic E-state index is 12.4. The van der Waals surface area contributed by atoms with Crippen molar-refractivity contribution in [1.82, 2.24) is 14.5 Å². The van der Waals surface area contributed by atoms with Crippen LogP contribution in [-0.2, 0) is 13.5 Å². The standard InChI is InChI=1S/C16H15N3O/c1-19-11-10-17-15(19)8-7-14(20)13-6-2-4-12-5-3-9-18-16(12)13/h2-6,9-11H,7-8H2,1H3. The summed E-state index contributed by atoms with van der Waals surface area (Å²) in [6, 6.07) is 9.56. The van der Waals surface area contributed by atoms with Gasteiger partial charge in [0.05, 0.1) is 5.52 Å². The number of ketones is 1. The van der Waals surface area contributed by atoms with Crippen LogP contribution < -0.4 is 0 Å². The first kappa shape index (κ1) is 12.5. The van der Waals surface area contributed by atoms with Crippen molar-refractivity contribution in [3.63, 3.8) is 0 Å². The third-order valence-corrected chi connectivity index (χ3v) is 3.43. The predicted molar refractivity (Wildman–Crippen MR) is 77.6 cm³/mol. The number of rotatable bonds is 4. The van der Waals surface area contributed by atoms with E-state index in [0.717, 1.165) is 16.7 Å². The fourth-order valence-corrected chi connectivity index (χ4v) is 2.33. The van der Waals surface area contributed by atoms with Crippen LogP contribution in [0, 0.1) is 0 Å². The number of nitrogens with zero attached hydrogens (tertiary/aromatic N) is 3. The molecule has 0 aliphatic carbocycles. The Kier molecular flexibility index (Phi) is 3.29. The zero-order valence-corrected chi connectivity index (χ0v) is 11.3. The van der Waals surface area contributed by atoms with E-state index in [1.807, 2.05) is 48.1 Å². The summed E-state index contributed by atoms with van der Waals surface area (Å²) in [5.74, 6) is 1.03. The van der Waals surface area contributed by atoms with Gasteiger partial charge in [-0.15, -0.1) is 0 Å². The Morgan fingerprint density at radius 3 is 2.80 bits per heavy atom. The van der Waals surface area contributed by atoms with Crippen LogP contribution in [0.2, 0.25) is 0 Å². The van der Waals surface area contributed by atoms with Crippen LogP contribution in [0.15, 0.2) is 48.9 Å². The number of aryl methyl sites for hydroxylation is 2. The summed E-state index contributed by atoms with van der Waals surface area (Å²) in [6.07, 6.45) is 6.45. The van der Waals surface area contributed by atoms with Gasteiger partial charge in [-0.3, -0.25) is 9.78 Å². The Balaban J connectivity index is 1.84. The van der Waals surface area contributed by atoms with Gasteiger partial charge in [0.15, 0.2) is 5.78 Å². The number of imidazole rings is 1. The Hall–Kier alpha value is -2.49. The van der Waals surface area contributed by atoms with E-state index in [-0.39, 0.29) is 5.78 Å². The second-order valence-corrected chi connectivity index (χ2v) is 4.76. The molecule has 0 bridgehead atoms. The van der Waals surface area contributed by atoms with Gasteiger partial charge in [0.25, 0.3) is 0 Å². The SMILES string of the molecule is Cn1ccnc1CCC(=O)c1cccc2cccnc12. The van der Waals surface area contributed by atoms with Crippen molar-refractivity contribution >= 4 is 16.7 Å². The van der Waals surface area contributed by atoms with E-state index in [0.29, 0.717) is 18.4 Å². The summed E-state index contributed by atoms with van der Waals surface area (Å²) in [5, 5.41) is 0.996. The normalized spacial score (nSPS) is 10.8. The molecule has 0 atom stereocenters. The summed E-state index contributed by atoms with van der Waals surface area (Å²) in [4.78, 5) is 21.0. The molecule has 0 spiro atoms. The predicted octanol–water partition coefficient (Wildman–Crippen LogP) is 2.78. The number of Topliss-reactive ketones (excluding diaryl/α,β-unsaturated/α-hetero) is 1. The van der Waals surface area contributed by atoms with Crippen molar-refractivity contribution in [3.05, 3.63) is 60.3 Å². The zero-order chi connectivity index (χ0) is 13.9. The lowest BCUT2D eigenvalue weighted by Gasteiger charge is -2.05. The fraction of sp³-hybridized carbons (Fsp3) is 0.188. The summed E-state index contributed by atoms with van der Waals surface area (Å²) in [6.45, 7) is 0. The lowest BCUT2D eigenvalue weighted by molar-refractivity contribution is 0.0983. The second-order valence-electron chi connectivity index (χ2n) is 4.76. The van der Waals surface area contributed by atoms with Gasteiger partial charge in [-0.25, -0.2) is 4.98 Å². The average Bonchev–Trinajstić information content (AvgIpc) is 2.89. The highest BCUT2D eigenvalue weighted by Crippen LogP contribution is 2.18. The molecule has 100 valence electrons. The van der Waals surface area contributed by atoms with Gasteiger partial charge in [-0.05, 0) is 12.1 Å². The molecule has 0 saturated carbocycles. The molecule has 4 nitrogen and oxygen atoms in total. The summed E-state index contributed by atoms with van der Waals surface area (Å²) < 4.78 is 1.94. The molecule has 0 aliphatic rings. The van der Waals surface area contributed by atoms with Crippen LogP contribution >= 0.6 is 0 Å². The van der Waals surface area contributed by atoms with Crippen molar-refractivity contribution in [2.24, 2.45) is 7.05 Å². The molecule has 4 heteroatoms. The van der Waals surface area contributed by atoms with Gasteiger partial charge in [-0.1, -0.05) is 18.2 Å². The third-order valence-electron chi connectivity index (χ3n) is 3.43. The van der Waals surface area contributed by atoms with Gasteiger partial charge >= 0.3 is 0 Å². The largest absolute Gasteiger partial charge is 0.338 e. The fourth-order valence-electron chi connectivity index (χ4n) is 2.33. The van der Waals surface area contributed by atoms with Crippen LogP contribution in [0.25, 0.3) is 10.9 Å². The maximum Gasteiger partial charge on any atom is 0.165 e. The number of hydrogen-bond donors (Lipinski definition) is 0. The van der Waals surface area contributed by atoms with Crippen molar-refractivity contribution in [2.75, 3.05) is 0 Å². The molecule has 0 fully saturated rings. The second kappa shape index (κ2) is 5.25. The first-order chi connectivity index (χ1) is 9.75. The van der Waals surface area contributed by atoms with E-state index < -0.39 is 0 Å². The molecule has 20 heavy (non-hydrogen) atoms. The van der Waals surface area contributed by atoms with Gasteiger partial charge in [0, 0.05) is 49.4 Å².